The third-order valence-electron chi connectivity index (χ3n) is 5.41. The van der Waals surface area contributed by atoms with Crippen LogP contribution in [0, 0.1) is 32.6 Å². The van der Waals surface area contributed by atoms with E-state index < -0.39 is 0 Å². The van der Waals surface area contributed by atoms with Gasteiger partial charge in [0.15, 0.2) is 5.65 Å². The van der Waals surface area contributed by atoms with Crippen LogP contribution >= 0.6 is 0 Å². The molecule has 4 nitrogen and oxygen atoms in total. The Morgan fingerprint density at radius 3 is 2.42 bits per heavy atom. The number of aromatic nitrogens is 3. The van der Waals surface area contributed by atoms with Gasteiger partial charge >= 0.3 is 0 Å². The van der Waals surface area contributed by atoms with Gasteiger partial charge < -0.3 is 4.90 Å². The van der Waals surface area contributed by atoms with Crippen LogP contribution in [0.2, 0.25) is 0 Å². The summed E-state index contributed by atoms with van der Waals surface area (Å²) >= 11 is 0. The summed E-state index contributed by atoms with van der Waals surface area (Å²) in [5.74, 6) is 2.58. The first-order valence-corrected chi connectivity index (χ1v) is 9.61. The number of fused-ring (bicyclic) bond motifs is 1. The Morgan fingerprint density at radius 1 is 1.00 bits per heavy atom. The number of benzene rings is 1. The van der Waals surface area contributed by atoms with Crippen LogP contribution in [0.1, 0.15) is 37.1 Å². The van der Waals surface area contributed by atoms with Crippen molar-refractivity contribution in [2.45, 2.75) is 41.0 Å². The molecule has 2 atom stereocenters. The minimum Gasteiger partial charge on any atom is -0.356 e. The highest BCUT2D eigenvalue weighted by atomic mass is 15.4. The van der Waals surface area contributed by atoms with Crippen LogP contribution in [0.25, 0.3) is 16.9 Å². The first kappa shape index (κ1) is 17.1. The quantitative estimate of drug-likeness (QED) is 0.667. The lowest BCUT2D eigenvalue weighted by Gasteiger charge is -2.36. The number of piperidine rings is 1. The number of rotatable bonds is 2. The summed E-state index contributed by atoms with van der Waals surface area (Å²) in [4.78, 5) is 7.30. The van der Waals surface area contributed by atoms with Crippen LogP contribution in [0.4, 0.5) is 5.82 Å². The van der Waals surface area contributed by atoms with E-state index in [1.165, 1.54) is 17.8 Å². The number of aryl methyl sites for hydroxylation is 3. The van der Waals surface area contributed by atoms with Crippen LogP contribution in [0.15, 0.2) is 30.3 Å². The summed E-state index contributed by atoms with van der Waals surface area (Å²) in [6.07, 6.45) is 1.30. The lowest BCUT2D eigenvalue weighted by molar-refractivity contribution is 0.354. The molecule has 0 N–H and O–H groups in total. The van der Waals surface area contributed by atoms with Crippen molar-refractivity contribution < 1.29 is 0 Å². The van der Waals surface area contributed by atoms with E-state index >= 15 is 0 Å². The minimum absolute atomic E-state index is 0.704. The maximum Gasteiger partial charge on any atom is 0.161 e. The van der Waals surface area contributed by atoms with Crippen molar-refractivity contribution in [3.63, 3.8) is 0 Å². The molecule has 3 heterocycles. The van der Waals surface area contributed by atoms with Crippen molar-refractivity contribution >= 4 is 11.5 Å². The largest absolute Gasteiger partial charge is 0.356 e. The van der Waals surface area contributed by atoms with Gasteiger partial charge in [-0.3, -0.25) is 0 Å². The average molecular weight is 348 g/mol. The van der Waals surface area contributed by atoms with E-state index in [-0.39, 0.29) is 0 Å². The molecule has 4 rings (SSSR count). The predicted molar refractivity (Wildman–Crippen MR) is 108 cm³/mol. The van der Waals surface area contributed by atoms with E-state index in [1.807, 2.05) is 0 Å². The molecule has 1 aliphatic rings. The molecule has 136 valence electrons. The molecular weight excluding hydrogens is 320 g/mol. The zero-order valence-electron chi connectivity index (χ0n) is 16.5. The van der Waals surface area contributed by atoms with Crippen LogP contribution in [0.5, 0.6) is 0 Å². The average Bonchev–Trinajstić information content (AvgIpc) is 2.90. The Bertz CT molecular complexity index is 946. The molecule has 2 aromatic heterocycles. The Labute approximate surface area is 155 Å². The molecule has 1 fully saturated rings. The number of nitrogens with zero attached hydrogens (tertiary/aromatic N) is 4. The van der Waals surface area contributed by atoms with Crippen LogP contribution < -0.4 is 4.90 Å². The highest BCUT2D eigenvalue weighted by Gasteiger charge is 2.25. The van der Waals surface area contributed by atoms with Gasteiger partial charge in [0, 0.05) is 36.0 Å². The molecule has 0 saturated carbocycles. The van der Waals surface area contributed by atoms with Crippen molar-refractivity contribution in [3.8, 4) is 11.3 Å². The number of hydrogen-bond donors (Lipinski definition) is 0. The summed E-state index contributed by atoms with van der Waals surface area (Å²) in [6.45, 7) is 13.2. The van der Waals surface area contributed by atoms with Crippen LogP contribution in [-0.4, -0.2) is 27.7 Å². The fourth-order valence-corrected chi connectivity index (χ4v) is 4.37. The van der Waals surface area contributed by atoms with Crippen LogP contribution in [-0.2, 0) is 0 Å². The Hall–Kier alpha value is -2.36. The van der Waals surface area contributed by atoms with E-state index in [0.717, 1.165) is 41.3 Å². The second kappa shape index (κ2) is 6.42. The van der Waals surface area contributed by atoms with Gasteiger partial charge in [0.2, 0.25) is 0 Å². The van der Waals surface area contributed by atoms with E-state index in [1.54, 1.807) is 0 Å². The third kappa shape index (κ3) is 2.98. The monoisotopic (exact) mass is 348 g/mol. The van der Waals surface area contributed by atoms with Crippen molar-refractivity contribution in [2.75, 3.05) is 18.0 Å². The van der Waals surface area contributed by atoms with Gasteiger partial charge in [-0.25, -0.2) is 4.98 Å². The molecule has 1 aromatic carbocycles. The Kier molecular flexibility index (Phi) is 4.22. The molecule has 3 aromatic rings. The van der Waals surface area contributed by atoms with Crippen molar-refractivity contribution in [1.82, 2.24) is 14.6 Å². The summed E-state index contributed by atoms with van der Waals surface area (Å²) < 4.78 is 2.06. The maximum absolute atomic E-state index is 5.00. The molecule has 0 radical (unpaired) electrons. The fourth-order valence-electron chi connectivity index (χ4n) is 4.37. The van der Waals surface area contributed by atoms with Crippen LogP contribution in [0.3, 0.4) is 0 Å². The van der Waals surface area contributed by atoms with Crippen molar-refractivity contribution in [1.29, 1.82) is 0 Å². The summed E-state index contributed by atoms with van der Waals surface area (Å²) in [7, 11) is 0. The van der Waals surface area contributed by atoms with E-state index in [4.69, 9.17) is 10.1 Å². The minimum atomic E-state index is 0.704. The second-order valence-corrected chi connectivity index (χ2v) is 8.19. The van der Waals surface area contributed by atoms with Crippen molar-refractivity contribution in [3.05, 3.63) is 47.2 Å². The lowest BCUT2D eigenvalue weighted by Crippen LogP contribution is -2.39. The Morgan fingerprint density at radius 2 is 1.73 bits per heavy atom. The zero-order valence-corrected chi connectivity index (χ0v) is 16.5. The number of hydrogen-bond acceptors (Lipinski definition) is 3. The molecule has 1 saturated heterocycles. The lowest BCUT2D eigenvalue weighted by atomic mass is 9.92. The smallest absolute Gasteiger partial charge is 0.161 e. The van der Waals surface area contributed by atoms with Gasteiger partial charge in [-0.05, 0) is 45.1 Å². The highest BCUT2D eigenvalue weighted by molar-refractivity contribution is 5.72. The standard InChI is InChI=1S/C22H28N4/c1-14-7-6-8-19(10-14)21-18(5)22-23-17(4)11-20(26(22)24-21)25-12-15(2)9-16(3)13-25/h6-8,10-11,15-16H,9,12-13H2,1-5H3/t15-,16-/m0/s1. The van der Waals surface area contributed by atoms with E-state index in [9.17, 15) is 0 Å². The van der Waals surface area contributed by atoms with Crippen molar-refractivity contribution in [2.24, 2.45) is 11.8 Å². The summed E-state index contributed by atoms with van der Waals surface area (Å²) in [5, 5.41) is 5.00. The molecule has 0 unspecified atom stereocenters. The number of anilines is 1. The highest BCUT2D eigenvalue weighted by Crippen LogP contribution is 2.31. The first-order chi connectivity index (χ1) is 12.4. The topological polar surface area (TPSA) is 33.4 Å². The van der Waals surface area contributed by atoms with E-state index in [0.29, 0.717) is 11.8 Å². The van der Waals surface area contributed by atoms with Gasteiger partial charge in [-0.2, -0.15) is 9.61 Å². The van der Waals surface area contributed by atoms with Gasteiger partial charge in [0.05, 0.1) is 5.69 Å². The summed E-state index contributed by atoms with van der Waals surface area (Å²) in [6, 6.07) is 10.7. The molecule has 1 aliphatic heterocycles. The second-order valence-electron chi connectivity index (χ2n) is 8.19. The first-order valence-electron chi connectivity index (χ1n) is 9.61. The summed E-state index contributed by atoms with van der Waals surface area (Å²) in [5.41, 5.74) is 6.63. The normalized spacial score (nSPS) is 20.7. The van der Waals surface area contributed by atoms with E-state index in [2.05, 4.69) is 74.4 Å². The maximum atomic E-state index is 5.00. The fraction of sp³-hybridized carbons (Fsp3) is 0.455. The molecule has 0 aliphatic carbocycles. The molecular formula is C22H28N4. The SMILES string of the molecule is Cc1cccc(-c2nn3c(N4C[C@@H](C)C[C@H](C)C4)cc(C)nc3c2C)c1. The molecule has 0 spiro atoms. The molecule has 0 bridgehead atoms. The molecule has 0 amide bonds. The van der Waals surface area contributed by atoms with Gasteiger partial charge in [-0.15, -0.1) is 0 Å². The van der Waals surface area contributed by atoms with Gasteiger partial charge in [0.25, 0.3) is 0 Å². The molecule has 26 heavy (non-hydrogen) atoms. The Balaban J connectivity index is 1.88. The third-order valence-corrected chi connectivity index (χ3v) is 5.41. The zero-order chi connectivity index (χ0) is 18.4. The predicted octanol–water partition coefficient (Wildman–Crippen LogP) is 4.80. The molecule has 4 heteroatoms. The van der Waals surface area contributed by atoms with Gasteiger partial charge in [0.1, 0.15) is 5.82 Å². The van der Waals surface area contributed by atoms with Gasteiger partial charge in [-0.1, -0.05) is 37.6 Å².